The molecule has 9 aromatic rings. The Kier molecular flexibility index (Phi) is 6.63. The van der Waals surface area contributed by atoms with Gasteiger partial charge in [-0.1, -0.05) is 146 Å². The summed E-state index contributed by atoms with van der Waals surface area (Å²) < 4.78 is 2.37. The molecular formula is C46H30N2. The summed E-state index contributed by atoms with van der Waals surface area (Å²) in [4.78, 5) is 3.86. The molecule has 0 unspecified atom stereocenters. The Morgan fingerprint density at radius 1 is 0.458 bits per heavy atom. The first-order chi connectivity index (χ1) is 23.8. The quantitative estimate of drug-likeness (QED) is 0.135. The second-order valence-electron chi connectivity index (χ2n) is 12.4. The van der Waals surface area contributed by atoms with Crippen LogP contribution in [0.25, 0.3) is 76.1 Å². The lowest BCUT2D eigenvalue weighted by molar-refractivity contribution is 1.18. The van der Waals surface area contributed by atoms with Gasteiger partial charge in [0.05, 0.1) is 17.6 Å². The Labute approximate surface area is 279 Å². The molecule has 0 radical (unpaired) electrons. The second-order valence-corrected chi connectivity index (χ2v) is 12.4. The van der Waals surface area contributed by atoms with Crippen molar-refractivity contribution in [2.24, 2.45) is 0 Å². The molecule has 0 N–H and O–H groups in total. The Balaban J connectivity index is 1.25. The van der Waals surface area contributed by atoms with Crippen LogP contribution in [-0.4, -0.2) is 4.57 Å². The molecule has 1 aromatic heterocycles. The third kappa shape index (κ3) is 4.48. The summed E-state index contributed by atoms with van der Waals surface area (Å²) >= 11 is 0. The van der Waals surface area contributed by atoms with E-state index >= 15 is 0 Å². The first kappa shape index (κ1) is 27.8. The largest absolute Gasteiger partial charge is 0.309 e. The lowest BCUT2D eigenvalue weighted by Gasteiger charge is -2.19. The fraction of sp³-hybridized carbons (Fsp3) is 0.0217. The molecule has 0 aliphatic rings. The highest BCUT2D eigenvalue weighted by molar-refractivity contribution is 6.15. The van der Waals surface area contributed by atoms with Crippen LogP contribution >= 0.6 is 0 Å². The molecule has 0 spiro atoms. The molecule has 2 nitrogen and oxygen atoms in total. The van der Waals surface area contributed by atoms with Gasteiger partial charge in [-0.3, -0.25) is 0 Å². The van der Waals surface area contributed by atoms with E-state index in [1.807, 2.05) is 6.07 Å². The van der Waals surface area contributed by atoms with E-state index in [4.69, 9.17) is 6.57 Å². The molecule has 0 aliphatic carbocycles. The SMILES string of the molecule is [C-]#[N+]c1ccc(-c2cccc(-n3c4ccccc4c4ccccc43)c2)c(Cc2c3ccccc3c(-c3ccccc3)c3ccccc23)c1. The van der Waals surface area contributed by atoms with Gasteiger partial charge in [-0.2, -0.15) is 0 Å². The van der Waals surface area contributed by atoms with Crippen molar-refractivity contribution < 1.29 is 0 Å². The molecule has 2 heteroatoms. The van der Waals surface area contributed by atoms with E-state index in [2.05, 4.69) is 173 Å². The number of aromatic nitrogens is 1. The molecular weight excluding hydrogens is 581 g/mol. The van der Waals surface area contributed by atoms with Gasteiger partial charge in [0.2, 0.25) is 0 Å². The van der Waals surface area contributed by atoms with E-state index in [0.717, 1.165) is 22.4 Å². The topological polar surface area (TPSA) is 9.29 Å². The third-order valence-corrected chi connectivity index (χ3v) is 9.69. The van der Waals surface area contributed by atoms with Gasteiger partial charge in [0.15, 0.2) is 5.69 Å². The Morgan fingerprint density at radius 3 is 1.62 bits per heavy atom. The van der Waals surface area contributed by atoms with E-state index < -0.39 is 0 Å². The molecule has 0 saturated heterocycles. The van der Waals surface area contributed by atoms with Crippen LogP contribution in [0.5, 0.6) is 0 Å². The fourth-order valence-corrected chi connectivity index (χ4v) is 7.61. The van der Waals surface area contributed by atoms with Gasteiger partial charge in [-0.05, 0) is 85.6 Å². The van der Waals surface area contributed by atoms with Gasteiger partial charge >= 0.3 is 0 Å². The monoisotopic (exact) mass is 610 g/mol. The van der Waals surface area contributed by atoms with Crippen LogP contribution in [0.15, 0.2) is 170 Å². The lowest BCUT2D eigenvalue weighted by Crippen LogP contribution is -1.98. The minimum atomic E-state index is 0.654. The van der Waals surface area contributed by atoms with E-state index in [1.165, 1.54) is 60.0 Å². The number of para-hydroxylation sites is 2. The molecule has 224 valence electrons. The molecule has 8 aromatic carbocycles. The number of hydrogen-bond acceptors (Lipinski definition) is 0. The van der Waals surface area contributed by atoms with Crippen molar-refractivity contribution in [2.75, 3.05) is 0 Å². The van der Waals surface area contributed by atoms with Crippen LogP contribution in [0.4, 0.5) is 5.69 Å². The van der Waals surface area contributed by atoms with Crippen LogP contribution in [0.2, 0.25) is 0 Å². The molecule has 9 rings (SSSR count). The van der Waals surface area contributed by atoms with Crippen molar-refractivity contribution in [3.8, 4) is 27.9 Å². The summed E-state index contributed by atoms with van der Waals surface area (Å²) in [5.41, 5.74) is 11.3. The number of hydrogen-bond donors (Lipinski definition) is 0. The van der Waals surface area contributed by atoms with Crippen molar-refractivity contribution in [3.63, 3.8) is 0 Å². The maximum Gasteiger partial charge on any atom is 0.187 e. The predicted octanol–water partition coefficient (Wildman–Crippen LogP) is 12.6. The van der Waals surface area contributed by atoms with Crippen molar-refractivity contribution >= 4 is 49.0 Å². The number of benzene rings is 8. The lowest BCUT2D eigenvalue weighted by atomic mass is 9.85. The standard InChI is InChI=1S/C46H30N2/c1-47-34-26-27-36(32-16-13-17-35(29-32)48-44-24-11-9-20-39(44)40-21-10-12-25-45(40)48)33(28-34)30-43-37-18-5-7-22-41(37)46(31-14-3-2-4-15-31)42-23-8-6-19-38(42)43/h2-29H,30H2. The molecule has 0 fully saturated rings. The molecule has 0 amide bonds. The highest BCUT2D eigenvalue weighted by Gasteiger charge is 2.18. The second kappa shape index (κ2) is 11.4. The minimum Gasteiger partial charge on any atom is -0.309 e. The molecule has 48 heavy (non-hydrogen) atoms. The average Bonchev–Trinajstić information content (AvgIpc) is 3.49. The molecule has 0 aliphatic heterocycles. The number of rotatable bonds is 5. The average molecular weight is 611 g/mol. The van der Waals surface area contributed by atoms with Crippen LogP contribution in [0, 0.1) is 6.57 Å². The zero-order valence-electron chi connectivity index (χ0n) is 26.3. The first-order valence-corrected chi connectivity index (χ1v) is 16.4. The summed E-state index contributed by atoms with van der Waals surface area (Å²) in [6.07, 6.45) is 0.703. The van der Waals surface area contributed by atoms with Crippen molar-refractivity contribution in [2.45, 2.75) is 6.42 Å². The molecule has 1 heterocycles. The van der Waals surface area contributed by atoms with Gasteiger partial charge in [0.25, 0.3) is 0 Å². The van der Waals surface area contributed by atoms with Crippen LogP contribution in [0.3, 0.4) is 0 Å². The van der Waals surface area contributed by atoms with Crippen molar-refractivity contribution in [1.29, 1.82) is 0 Å². The molecule has 0 bridgehead atoms. The zero-order chi connectivity index (χ0) is 32.0. The Hall–Kier alpha value is -6.43. The highest BCUT2D eigenvalue weighted by atomic mass is 15.0. The van der Waals surface area contributed by atoms with E-state index in [0.29, 0.717) is 12.1 Å². The van der Waals surface area contributed by atoms with Crippen LogP contribution in [-0.2, 0) is 6.42 Å². The van der Waals surface area contributed by atoms with Crippen LogP contribution < -0.4 is 0 Å². The summed E-state index contributed by atoms with van der Waals surface area (Å²) in [5.74, 6) is 0. The van der Waals surface area contributed by atoms with Gasteiger partial charge in [0.1, 0.15) is 0 Å². The smallest absolute Gasteiger partial charge is 0.187 e. The fourth-order valence-electron chi connectivity index (χ4n) is 7.61. The normalized spacial score (nSPS) is 11.4. The first-order valence-electron chi connectivity index (χ1n) is 16.4. The van der Waals surface area contributed by atoms with E-state index in [9.17, 15) is 0 Å². The zero-order valence-corrected chi connectivity index (χ0v) is 26.3. The summed E-state index contributed by atoms with van der Waals surface area (Å²) in [7, 11) is 0. The van der Waals surface area contributed by atoms with Gasteiger partial charge in [-0.25, -0.2) is 4.85 Å². The summed E-state index contributed by atoms with van der Waals surface area (Å²) in [6.45, 7) is 7.88. The Morgan fingerprint density at radius 2 is 1.00 bits per heavy atom. The maximum absolute atomic E-state index is 7.88. The van der Waals surface area contributed by atoms with Crippen molar-refractivity contribution in [3.05, 3.63) is 192 Å². The molecule has 0 atom stereocenters. The highest BCUT2D eigenvalue weighted by Crippen LogP contribution is 2.42. The predicted molar refractivity (Wildman–Crippen MR) is 202 cm³/mol. The van der Waals surface area contributed by atoms with Gasteiger partial charge in [-0.15, -0.1) is 0 Å². The van der Waals surface area contributed by atoms with Crippen LogP contribution in [0.1, 0.15) is 11.1 Å². The Bertz CT molecular complexity index is 2600. The van der Waals surface area contributed by atoms with Crippen molar-refractivity contribution in [1.82, 2.24) is 4.57 Å². The number of fused-ring (bicyclic) bond motifs is 5. The summed E-state index contributed by atoms with van der Waals surface area (Å²) in [6, 6.07) is 60.5. The van der Waals surface area contributed by atoms with Gasteiger partial charge < -0.3 is 4.57 Å². The van der Waals surface area contributed by atoms with E-state index in [-0.39, 0.29) is 0 Å². The van der Waals surface area contributed by atoms with Gasteiger partial charge in [0, 0.05) is 16.5 Å². The summed E-state index contributed by atoms with van der Waals surface area (Å²) in [5, 5.41) is 7.47. The minimum absolute atomic E-state index is 0.654. The third-order valence-electron chi connectivity index (χ3n) is 9.69. The number of nitrogens with zero attached hydrogens (tertiary/aromatic N) is 2. The molecule has 0 saturated carbocycles. The van der Waals surface area contributed by atoms with E-state index in [1.54, 1.807) is 0 Å². The maximum atomic E-state index is 7.88.